The Morgan fingerprint density at radius 2 is 2.22 bits per heavy atom. The number of benzene rings is 1. The summed E-state index contributed by atoms with van der Waals surface area (Å²) in [7, 11) is 0. The molecule has 0 amide bonds. The third-order valence-corrected chi connectivity index (χ3v) is 3.82. The van der Waals surface area contributed by atoms with Crippen LogP contribution in [0.3, 0.4) is 0 Å². The molecule has 2 rings (SSSR count). The van der Waals surface area contributed by atoms with Gasteiger partial charge in [0.15, 0.2) is 0 Å². The SMILES string of the molecule is C=CCOC[C@@H](O)CN(Cc1ccc(F)cc1)C[C@@H]1CCCO1. The van der Waals surface area contributed by atoms with Gasteiger partial charge in [-0.05, 0) is 30.5 Å². The Morgan fingerprint density at radius 1 is 1.43 bits per heavy atom. The zero-order valence-electron chi connectivity index (χ0n) is 13.5. The maximum Gasteiger partial charge on any atom is 0.123 e. The normalized spacial score (nSPS) is 19.2. The molecule has 0 aliphatic carbocycles. The maximum atomic E-state index is 13.0. The topological polar surface area (TPSA) is 41.9 Å². The summed E-state index contributed by atoms with van der Waals surface area (Å²) in [5.74, 6) is -0.239. The van der Waals surface area contributed by atoms with Gasteiger partial charge >= 0.3 is 0 Å². The summed E-state index contributed by atoms with van der Waals surface area (Å²) in [6.07, 6.45) is 3.42. The molecule has 0 aromatic heterocycles. The van der Waals surface area contributed by atoms with E-state index in [1.807, 2.05) is 0 Å². The lowest BCUT2D eigenvalue weighted by molar-refractivity contribution is 0.00856. The molecule has 1 aromatic rings. The monoisotopic (exact) mass is 323 g/mol. The first-order chi connectivity index (χ1) is 11.2. The molecule has 5 heteroatoms. The number of aliphatic hydroxyl groups excluding tert-OH is 1. The van der Waals surface area contributed by atoms with E-state index in [0.29, 0.717) is 19.7 Å². The molecule has 1 fully saturated rings. The van der Waals surface area contributed by atoms with Crippen molar-refractivity contribution in [2.75, 3.05) is 32.9 Å². The average molecular weight is 323 g/mol. The summed E-state index contributed by atoms with van der Waals surface area (Å²) in [6, 6.07) is 6.48. The minimum absolute atomic E-state index is 0.205. The van der Waals surface area contributed by atoms with E-state index in [-0.39, 0.29) is 18.5 Å². The zero-order valence-corrected chi connectivity index (χ0v) is 13.5. The fourth-order valence-corrected chi connectivity index (χ4v) is 2.77. The van der Waals surface area contributed by atoms with Crippen LogP contribution in [0.25, 0.3) is 0 Å². The molecule has 4 nitrogen and oxygen atoms in total. The highest BCUT2D eigenvalue weighted by Gasteiger charge is 2.21. The van der Waals surface area contributed by atoms with Crippen molar-refractivity contribution in [3.05, 3.63) is 48.3 Å². The molecule has 0 bridgehead atoms. The van der Waals surface area contributed by atoms with Crippen LogP contribution in [0.4, 0.5) is 4.39 Å². The second-order valence-electron chi connectivity index (χ2n) is 5.94. The summed E-state index contributed by atoms with van der Waals surface area (Å²) in [5.41, 5.74) is 1.02. The number of hydrogen-bond donors (Lipinski definition) is 1. The van der Waals surface area contributed by atoms with Crippen LogP contribution in [0.1, 0.15) is 18.4 Å². The fraction of sp³-hybridized carbons (Fsp3) is 0.556. The van der Waals surface area contributed by atoms with Crippen LogP contribution in [-0.4, -0.2) is 55.1 Å². The quantitative estimate of drug-likeness (QED) is 0.530. The molecule has 1 N–H and O–H groups in total. The Kier molecular flexibility index (Phi) is 7.68. The van der Waals surface area contributed by atoms with E-state index in [4.69, 9.17) is 9.47 Å². The second kappa shape index (κ2) is 9.78. The van der Waals surface area contributed by atoms with Gasteiger partial charge in [-0.2, -0.15) is 0 Å². The van der Waals surface area contributed by atoms with Crippen molar-refractivity contribution in [1.82, 2.24) is 4.90 Å². The molecule has 0 spiro atoms. The minimum atomic E-state index is -0.572. The highest BCUT2D eigenvalue weighted by Crippen LogP contribution is 2.16. The molecule has 1 aliphatic heterocycles. The number of hydrogen-bond acceptors (Lipinski definition) is 4. The minimum Gasteiger partial charge on any atom is -0.389 e. The number of nitrogens with zero attached hydrogens (tertiary/aromatic N) is 1. The van der Waals surface area contributed by atoms with Crippen LogP contribution in [0, 0.1) is 5.82 Å². The third-order valence-electron chi connectivity index (χ3n) is 3.82. The molecule has 1 saturated heterocycles. The predicted octanol–water partition coefficient (Wildman–Crippen LogP) is 2.37. The average Bonchev–Trinajstić information content (AvgIpc) is 3.03. The first-order valence-corrected chi connectivity index (χ1v) is 8.12. The predicted molar refractivity (Wildman–Crippen MR) is 87.7 cm³/mol. The first-order valence-electron chi connectivity index (χ1n) is 8.12. The molecule has 0 saturated carbocycles. The van der Waals surface area contributed by atoms with Crippen molar-refractivity contribution in [1.29, 1.82) is 0 Å². The van der Waals surface area contributed by atoms with Gasteiger partial charge in [0.1, 0.15) is 5.82 Å². The molecule has 128 valence electrons. The van der Waals surface area contributed by atoms with Gasteiger partial charge in [-0.3, -0.25) is 4.90 Å². The van der Waals surface area contributed by atoms with Gasteiger partial charge in [-0.15, -0.1) is 6.58 Å². The molecule has 1 aromatic carbocycles. The lowest BCUT2D eigenvalue weighted by atomic mass is 10.1. The van der Waals surface area contributed by atoms with Crippen LogP contribution in [-0.2, 0) is 16.0 Å². The molecule has 0 radical (unpaired) electrons. The number of halogens is 1. The summed E-state index contributed by atoms with van der Waals surface area (Å²) >= 11 is 0. The van der Waals surface area contributed by atoms with E-state index >= 15 is 0 Å². The highest BCUT2D eigenvalue weighted by molar-refractivity contribution is 5.15. The highest BCUT2D eigenvalue weighted by atomic mass is 19.1. The van der Waals surface area contributed by atoms with Crippen molar-refractivity contribution >= 4 is 0 Å². The van der Waals surface area contributed by atoms with Crippen molar-refractivity contribution in [3.63, 3.8) is 0 Å². The van der Waals surface area contributed by atoms with E-state index in [1.54, 1.807) is 18.2 Å². The van der Waals surface area contributed by atoms with E-state index < -0.39 is 6.10 Å². The summed E-state index contributed by atoms with van der Waals surface area (Å²) in [4.78, 5) is 2.14. The van der Waals surface area contributed by atoms with Gasteiger partial charge < -0.3 is 14.6 Å². The fourth-order valence-electron chi connectivity index (χ4n) is 2.77. The smallest absolute Gasteiger partial charge is 0.123 e. The van der Waals surface area contributed by atoms with Crippen molar-refractivity contribution in [2.45, 2.75) is 31.6 Å². The van der Waals surface area contributed by atoms with Gasteiger partial charge in [0.2, 0.25) is 0 Å². The van der Waals surface area contributed by atoms with E-state index in [2.05, 4.69) is 11.5 Å². The largest absolute Gasteiger partial charge is 0.389 e. The van der Waals surface area contributed by atoms with E-state index in [1.165, 1.54) is 12.1 Å². The van der Waals surface area contributed by atoms with Crippen LogP contribution >= 0.6 is 0 Å². The molecular weight excluding hydrogens is 297 g/mol. The van der Waals surface area contributed by atoms with E-state index in [0.717, 1.165) is 31.6 Å². The third kappa shape index (κ3) is 6.79. The maximum absolute atomic E-state index is 13.0. The van der Waals surface area contributed by atoms with Gasteiger partial charge in [0.05, 0.1) is 25.4 Å². The van der Waals surface area contributed by atoms with Crippen molar-refractivity contribution in [2.24, 2.45) is 0 Å². The zero-order chi connectivity index (χ0) is 16.5. The van der Waals surface area contributed by atoms with Gasteiger partial charge in [0.25, 0.3) is 0 Å². The van der Waals surface area contributed by atoms with Gasteiger partial charge in [-0.25, -0.2) is 4.39 Å². The Balaban J connectivity index is 1.89. The lowest BCUT2D eigenvalue weighted by Gasteiger charge is -2.27. The first kappa shape index (κ1) is 18.1. The molecule has 23 heavy (non-hydrogen) atoms. The molecule has 1 aliphatic rings. The molecule has 0 unspecified atom stereocenters. The standard InChI is InChI=1S/C18H26FNO3/c1-2-9-22-14-17(21)12-20(13-18-4-3-10-23-18)11-15-5-7-16(19)8-6-15/h2,5-8,17-18,21H,1,3-4,9-14H2/t17-,18-/m0/s1. The van der Waals surface area contributed by atoms with Gasteiger partial charge in [0, 0.05) is 26.2 Å². The van der Waals surface area contributed by atoms with Crippen LogP contribution < -0.4 is 0 Å². The number of aliphatic hydroxyl groups is 1. The Morgan fingerprint density at radius 3 is 2.87 bits per heavy atom. The molecule has 2 atom stereocenters. The Labute approximate surface area is 137 Å². The second-order valence-corrected chi connectivity index (χ2v) is 5.94. The van der Waals surface area contributed by atoms with Crippen LogP contribution in [0.2, 0.25) is 0 Å². The molecule has 1 heterocycles. The van der Waals surface area contributed by atoms with E-state index in [9.17, 15) is 9.50 Å². The van der Waals surface area contributed by atoms with Crippen LogP contribution in [0.5, 0.6) is 0 Å². The van der Waals surface area contributed by atoms with Gasteiger partial charge in [-0.1, -0.05) is 18.2 Å². The Hall–Kier alpha value is -1.27. The number of ether oxygens (including phenoxy) is 2. The van der Waals surface area contributed by atoms with Crippen molar-refractivity contribution in [3.8, 4) is 0 Å². The summed E-state index contributed by atoms with van der Waals surface area (Å²) in [5, 5.41) is 10.1. The molecular formula is C18H26FNO3. The Bertz CT molecular complexity index is 460. The summed E-state index contributed by atoms with van der Waals surface area (Å²) < 4.78 is 24.0. The number of rotatable bonds is 10. The van der Waals surface area contributed by atoms with Crippen molar-refractivity contribution < 1.29 is 19.0 Å². The summed E-state index contributed by atoms with van der Waals surface area (Å²) in [6.45, 7) is 7.00. The van der Waals surface area contributed by atoms with Crippen LogP contribution in [0.15, 0.2) is 36.9 Å². The lowest BCUT2D eigenvalue weighted by Crippen LogP contribution is -2.39.